The summed E-state index contributed by atoms with van der Waals surface area (Å²) in [4.78, 5) is 0. The van der Waals surface area contributed by atoms with Crippen LogP contribution in [0.15, 0.2) is 24.3 Å². The summed E-state index contributed by atoms with van der Waals surface area (Å²) in [6, 6.07) is 8.09. The summed E-state index contributed by atoms with van der Waals surface area (Å²) in [7, 11) is 1.71. The summed E-state index contributed by atoms with van der Waals surface area (Å²) >= 11 is 3.40. The second kappa shape index (κ2) is 6.85. The highest BCUT2D eigenvalue weighted by molar-refractivity contribution is 9.09. The number of halogens is 1. The average Bonchev–Trinajstić information content (AvgIpc) is 2.25. The minimum atomic E-state index is 0.872. The Bertz CT molecular complexity index is 265. The van der Waals surface area contributed by atoms with E-state index in [0.29, 0.717) is 0 Å². The second-order valence-electron chi connectivity index (χ2n) is 3.03. The van der Waals surface area contributed by atoms with E-state index in [1.165, 1.54) is 5.56 Å². The molecular weight excluding hydrogens is 242 g/mol. The van der Waals surface area contributed by atoms with Crippen LogP contribution >= 0.6 is 15.9 Å². The van der Waals surface area contributed by atoms with E-state index < -0.39 is 0 Å². The van der Waals surface area contributed by atoms with Crippen molar-refractivity contribution < 1.29 is 4.74 Å². The molecule has 2 nitrogen and oxygen atoms in total. The largest absolute Gasteiger partial charge is 0.496 e. The molecule has 0 bridgehead atoms. The number of ether oxygens (including phenoxy) is 1. The van der Waals surface area contributed by atoms with E-state index in [9.17, 15) is 0 Å². The Morgan fingerprint density at radius 2 is 2.14 bits per heavy atom. The lowest BCUT2D eigenvalue weighted by Crippen LogP contribution is -2.15. The van der Waals surface area contributed by atoms with Crippen LogP contribution in [0.25, 0.3) is 0 Å². The first-order chi connectivity index (χ1) is 6.88. The third-order valence-electron chi connectivity index (χ3n) is 2.00. The fourth-order valence-corrected chi connectivity index (χ4v) is 1.54. The smallest absolute Gasteiger partial charge is 0.123 e. The summed E-state index contributed by atoms with van der Waals surface area (Å²) in [5, 5.41) is 4.41. The Kier molecular flexibility index (Phi) is 5.64. The molecule has 0 saturated carbocycles. The van der Waals surface area contributed by atoms with Crippen LogP contribution in [0.5, 0.6) is 5.75 Å². The Balaban J connectivity index is 2.41. The number of nitrogens with one attached hydrogen (secondary N) is 1. The number of hydrogen-bond donors (Lipinski definition) is 1. The molecule has 1 rings (SSSR count). The predicted octanol–water partition coefficient (Wildman–Crippen LogP) is 2.57. The Morgan fingerprint density at radius 1 is 1.36 bits per heavy atom. The van der Waals surface area contributed by atoms with Gasteiger partial charge in [0.05, 0.1) is 7.11 Å². The van der Waals surface area contributed by atoms with Crippen molar-refractivity contribution in [2.45, 2.75) is 13.0 Å². The molecule has 0 aliphatic heterocycles. The van der Waals surface area contributed by atoms with Crippen LogP contribution in [0, 0.1) is 0 Å². The van der Waals surface area contributed by atoms with Gasteiger partial charge in [-0.3, -0.25) is 0 Å². The van der Waals surface area contributed by atoms with Gasteiger partial charge in [0.1, 0.15) is 5.75 Å². The first kappa shape index (κ1) is 11.5. The van der Waals surface area contributed by atoms with E-state index in [4.69, 9.17) is 4.74 Å². The molecule has 0 spiro atoms. The van der Waals surface area contributed by atoms with Crippen molar-refractivity contribution in [3.8, 4) is 5.75 Å². The number of methoxy groups -OCH3 is 1. The molecule has 1 aromatic carbocycles. The van der Waals surface area contributed by atoms with Gasteiger partial charge < -0.3 is 10.1 Å². The highest BCUT2D eigenvalue weighted by Crippen LogP contribution is 2.16. The van der Waals surface area contributed by atoms with Crippen LogP contribution in [0.2, 0.25) is 0 Å². The highest BCUT2D eigenvalue weighted by atomic mass is 79.9. The van der Waals surface area contributed by atoms with E-state index in [1.807, 2.05) is 18.2 Å². The summed E-state index contributed by atoms with van der Waals surface area (Å²) in [5.74, 6) is 0.957. The molecule has 0 saturated heterocycles. The maximum atomic E-state index is 5.25. The standard InChI is InChI=1S/C11H16BrNO/c1-14-11-6-3-2-5-10(11)9-13-8-4-7-12/h2-3,5-6,13H,4,7-9H2,1H3. The predicted molar refractivity (Wildman–Crippen MR) is 63.1 cm³/mol. The van der Waals surface area contributed by atoms with Crippen molar-refractivity contribution in [1.82, 2.24) is 5.32 Å². The molecule has 0 amide bonds. The van der Waals surface area contributed by atoms with Crippen molar-refractivity contribution in [1.29, 1.82) is 0 Å². The van der Waals surface area contributed by atoms with E-state index in [-0.39, 0.29) is 0 Å². The SMILES string of the molecule is COc1ccccc1CNCCCBr. The lowest BCUT2D eigenvalue weighted by molar-refractivity contribution is 0.408. The number of rotatable bonds is 6. The molecular formula is C11H16BrNO. The quantitative estimate of drug-likeness (QED) is 0.625. The maximum Gasteiger partial charge on any atom is 0.123 e. The van der Waals surface area contributed by atoms with Crippen LogP contribution in [-0.4, -0.2) is 19.0 Å². The third-order valence-corrected chi connectivity index (χ3v) is 2.56. The molecule has 0 fully saturated rings. The molecule has 0 unspecified atom stereocenters. The number of hydrogen-bond acceptors (Lipinski definition) is 2. The third kappa shape index (κ3) is 3.68. The molecule has 0 atom stereocenters. The topological polar surface area (TPSA) is 21.3 Å². The van der Waals surface area contributed by atoms with Gasteiger partial charge in [-0.2, -0.15) is 0 Å². The van der Waals surface area contributed by atoms with Crippen LogP contribution in [0.4, 0.5) is 0 Å². The van der Waals surface area contributed by atoms with Gasteiger partial charge in [0.2, 0.25) is 0 Å². The molecule has 1 aromatic rings. The summed E-state index contributed by atoms with van der Waals surface area (Å²) in [6.45, 7) is 1.90. The van der Waals surface area contributed by atoms with Crippen molar-refractivity contribution in [2.24, 2.45) is 0 Å². The van der Waals surface area contributed by atoms with Gasteiger partial charge in [0.25, 0.3) is 0 Å². The van der Waals surface area contributed by atoms with E-state index >= 15 is 0 Å². The van der Waals surface area contributed by atoms with Gasteiger partial charge in [-0.25, -0.2) is 0 Å². The zero-order valence-electron chi connectivity index (χ0n) is 8.42. The van der Waals surface area contributed by atoms with Gasteiger partial charge in [0.15, 0.2) is 0 Å². The minimum Gasteiger partial charge on any atom is -0.496 e. The van der Waals surface area contributed by atoms with Crippen LogP contribution < -0.4 is 10.1 Å². The molecule has 0 aliphatic rings. The Hall–Kier alpha value is -0.540. The molecule has 0 radical (unpaired) electrons. The minimum absolute atomic E-state index is 0.872. The number of alkyl halides is 1. The highest BCUT2D eigenvalue weighted by Gasteiger charge is 1.99. The summed E-state index contributed by atoms with van der Waals surface area (Å²) in [5.41, 5.74) is 1.21. The summed E-state index contributed by atoms with van der Waals surface area (Å²) < 4.78 is 5.25. The first-order valence-corrected chi connectivity index (χ1v) is 5.89. The maximum absolute atomic E-state index is 5.25. The number of para-hydroxylation sites is 1. The Labute approximate surface area is 93.8 Å². The fourth-order valence-electron chi connectivity index (χ4n) is 1.26. The molecule has 3 heteroatoms. The summed E-state index contributed by atoms with van der Waals surface area (Å²) in [6.07, 6.45) is 1.15. The fraction of sp³-hybridized carbons (Fsp3) is 0.455. The van der Waals surface area contributed by atoms with Crippen molar-refractivity contribution >= 4 is 15.9 Å². The van der Waals surface area contributed by atoms with E-state index in [2.05, 4.69) is 27.3 Å². The van der Waals surface area contributed by atoms with Crippen LogP contribution in [-0.2, 0) is 6.54 Å². The van der Waals surface area contributed by atoms with Gasteiger partial charge >= 0.3 is 0 Å². The zero-order chi connectivity index (χ0) is 10.2. The molecule has 78 valence electrons. The molecule has 0 aromatic heterocycles. The second-order valence-corrected chi connectivity index (χ2v) is 3.82. The first-order valence-electron chi connectivity index (χ1n) is 4.77. The molecule has 0 aliphatic carbocycles. The van der Waals surface area contributed by atoms with Gasteiger partial charge in [-0.05, 0) is 19.0 Å². The van der Waals surface area contributed by atoms with E-state index in [0.717, 1.165) is 30.6 Å². The lowest BCUT2D eigenvalue weighted by atomic mass is 10.2. The lowest BCUT2D eigenvalue weighted by Gasteiger charge is -2.08. The Morgan fingerprint density at radius 3 is 2.86 bits per heavy atom. The van der Waals surface area contributed by atoms with Crippen LogP contribution in [0.3, 0.4) is 0 Å². The molecule has 0 heterocycles. The van der Waals surface area contributed by atoms with Crippen LogP contribution in [0.1, 0.15) is 12.0 Å². The van der Waals surface area contributed by atoms with Crippen molar-refractivity contribution in [2.75, 3.05) is 19.0 Å². The van der Waals surface area contributed by atoms with Gasteiger partial charge in [0, 0.05) is 17.4 Å². The van der Waals surface area contributed by atoms with E-state index in [1.54, 1.807) is 7.11 Å². The average molecular weight is 258 g/mol. The normalized spacial score (nSPS) is 10.1. The molecule has 1 N–H and O–H groups in total. The zero-order valence-corrected chi connectivity index (χ0v) is 10.0. The monoisotopic (exact) mass is 257 g/mol. The van der Waals surface area contributed by atoms with Gasteiger partial charge in [-0.1, -0.05) is 34.1 Å². The van der Waals surface area contributed by atoms with Crippen molar-refractivity contribution in [3.05, 3.63) is 29.8 Å². The van der Waals surface area contributed by atoms with Gasteiger partial charge in [-0.15, -0.1) is 0 Å². The molecule has 14 heavy (non-hydrogen) atoms. The number of benzene rings is 1. The van der Waals surface area contributed by atoms with Crippen molar-refractivity contribution in [3.63, 3.8) is 0 Å².